The monoisotopic (exact) mass is 429 g/mol. The average molecular weight is 430 g/mol. The highest BCUT2D eigenvalue weighted by Crippen LogP contribution is 2.39. The van der Waals surface area contributed by atoms with Gasteiger partial charge in [-0.3, -0.25) is 4.79 Å². The maximum Gasteiger partial charge on any atom is 0.341 e. The van der Waals surface area contributed by atoms with Crippen LogP contribution in [0.4, 0.5) is 0 Å². The Morgan fingerprint density at radius 2 is 2.10 bits per heavy atom. The lowest BCUT2D eigenvalue weighted by Gasteiger charge is -2.13. The van der Waals surface area contributed by atoms with Crippen molar-refractivity contribution in [2.24, 2.45) is 10.7 Å². The van der Waals surface area contributed by atoms with Gasteiger partial charge in [-0.2, -0.15) is 4.99 Å². The van der Waals surface area contributed by atoms with Crippen LogP contribution in [0.5, 0.6) is 0 Å². The van der Waals surface area contributed by atoms with E-state index in [1.54, 1.807) is 11.3 Å². The fraction of sp³-hybridized carbons (Fsp3) is 0.381. The first-order valence-electron chi connectivity index (χ1n) is 9.69. The molecule has 0 radical (unpaired) electrons. The van der Waals surface area contributed by atoms with Crippen LogP contribution in [0.25, 0.3) is 11.1 Å². The van der Waals surface area contributed by atoms with E-state index in [2.05, 4.69) is 9.56 Å². The molecule has 4 rings (SSSR count). The number of thiophene rings is 1. The Bertz CT molecular complexity index is 1080. The summed E-state index contributed by atoms with van der Waals surface area (Å²) in [6, 6.07) is 2.03. The number of aliphatic imine (C=N–C) groups is 1. The van der Waals surface area contributed by atoms with Crippen LogP contribution >= 0.6 is 23.1 Å². The number of hydrogen-bond acceptors (Lipinski definition) is 6. The topological polar surface area (TPSA) is 86.7 Å². The number of rotatable bonds is 4. The van der Waals surface area contributed by atoms with Gasteiger partial charge in [0.15, 0.2) is 5.17 Å². The number of thioether (sulfide) groups is 1. The Labute approximate surface area is 177 Å². The molecule has 29 heavy (non-hydrogen) atoms. The van der Waals surface area contributed by atoms with Gasteiger partial charge < -0.3 is 15.0 Å². The predicted molar refractivity (Wildman–Crippen MR) is 118 cm³/mol. The molecule has 0 bridgehead atoms. The summed E-state index contributed by atoms with van der Waals surface area (Å²) in [6.07, 6.45) is 5.99. The molecule has 1 aliphatic heterocycles. The Hall–Kier alpha value is -2.32. The molecule has 0 spiro atoms. The van der Waals surface area contributed by atoms with Crippen molar-refractivity contribution in [2.45, 2.75) is 46.5 Å². The minimum atomic E-state index is -0.309. The number of carbonyl (C=O) groups is 2. The summed E-state index contributed by atoms with van der Waals surface area (Å²) in [5.41, 5.74) is 10.4. The molecular weight excluding hydrogens is 406 g/mol. The van der Waals surface area contributed by atoms with E-state index in [0.717, 1.165) is 53.2 Å². The minimum absolute atomic E-state index is 0.253. The molecule has 0 aromatic carbocycles. The maximum absolute atomic E-state index is 12.8. The molecule has 2 aromatic rings. The summed E-state index contributed by atoms with van der Waals surface area (Å²) >= 11 is 2.86. The first-order valence-corrected chi connectivity index (χ1v) is 11.3. The smallest absolute Gasteiger partial charge is 0.341 e. The van der Waals surface area contributed by atoms with Crippen LogP contribution in [0, 0.1) is 13.8 Å². The lowest BCUT2D eigenvalue weighted by molar-refractivity contribution is -0.113. The van der Waals surface area contributed by atoms with Crippen LogP contribution in [0.15, 0.2) is 16.0 Å². The van der Waals surface area contributed by atoms with Gasteiger partial charge >= 0.3 is 5.97 Å². The number of ether oxygens (including phenoxy) is 1. The van der Waals surface area contributed by atoms with Crippen molar-refractivity contribution >= 4 is 46.2 Å². The molecular formula is C21H23N3O3S2. The summed E-state index contributed by atoms with van der Waals surface area (Å²) in [7, 11) is 0. The van der Waals surface area contributed by atoms with E-state index in [1.807, 2.05) is 32.9 Å². The van der Waals surface area contributed by atoms with Gasteiger partial charge in [0.2, 0.25) is 0 Å². The Kier molecular flexibility index (Phi) is 5.40. The molecule has 1 amide bonds. The molecule has 0 atom stereocenters. The highest BCUT2D eigenvalue weighted by Gasteiger charge is 2.29. The van der Waals surface area contributed by atoms with Crippen LogP contribution in [0.3, 0.4) is 0 Å². The Balaban J connectivity index is 1.83. The second-order valence-corrected chi connectivity index (χ2v) is 9.29. The fourth-order valence-corrected chi connectivity index (χ4v) is 6.10. The highest BCUT2D eigenvalue weighted by atomic mass is 32.2. The van der Waals surface area contributed by atoms with E-state index in [4.69, 9.17) is 10.5 Å². The van der Waals surface area contributed by atoms with Crippen molar-refractivity contribution in [3.8, 4) is 5.00 Å². The molecule has 0 saturated heterocycles. The van der Waals surface area contributed by atoms with Crippen molar-refractivity contribution in [3.63, 3.8) is 0 Å². The van der Waals surface area contributed by atoms with Crippen LogP contribution < -0.4 is 5.73 Å². The first kappa shape index (κ1) is 20.0. The van der Waals surface area contributed by atoms with Gasteiger partial charge in [0.05, 0.1) is 17.1 Å². The average Bonchev–Trinajstić information content (AvgIpc) is 3.28. The molecule has 152 valence electrons. The summed E-state index contributed by atoms with van der Waals surface area (Å²) in [5.74, 6) is -0.562. The van der Waals surface area contributed by atoms with Gasteiger partial charge in [-0.15, -0.1) is 11.3 Å². The zero-order valence-corrected chi connectivity index (χ0v) is 18.3. The largest absolute Gasteiger partial charge is 0.462 e. The standard InChI is InChI=1S/C21H23N3O3S2/c1-4-27-20(26)17-14-7-5-6-8-15(14)28-19(17)24-11(2)9-13(12(24)3)10-16-18(25)23-21(22)29-16/h9-10H,4-8H2,1-3H3,(H2,22,23,25). The summed E-state index contributed by atoms with van der Waals surface area (Å²) < 4.78 is 7.51. The molecule has 0 saturated carbocycles. The van der Waals surface area contributed by atoms with E-state index in [-0.39, 0.29) is 17.0 Å². The Morgan fingerprint density at radius 1 is 1.34 bits per heavy atom. The first-order chi connectivity index (χ1) is 13.9. The summed E-state index contributed by atoms with van der Waals surface area (Å²) in [4.78, 5) is 30.4. The number of esters is 1. The predicted octanol–water partition coefficient (Wildman–Crippen LogP) is 4.14. The van der Waals surface area contributed by atoms with Gasteiger partial charge in [0.1, 0.15) is 5.00 Å². The third-order valence-corrected chi connectivity index (χ3v) is 7.32. The second-order valence-electron chi connectivity index (χ2n) is 7.14. The van der Waals surface area contributed by atoms with Gasteiger partial charge in [-0.1, -0.05) is 0 Å². The number of aromatic nitrogens is 1. The Morgan fingerprint density at radius 3 is 2.79 bits per heavy atom. The van der Waals surface area contributed by atoms with Gasteiger partial charge in [-0.25, -0.2) is 4.79 Å². The quantitative estimate of drug-likeness (QED) is 0.583. The van der Waals surface area contributed by atoms with Crippen LogP contribution in [-0.4, -0.2) is 28.2 Å². The zero-order valence-electron chi connectivity index (χ0n) is 16.7. The number of carbonyl (C=O) groups excluding carboxylic acids is 2. The lowest BCUT2D eigenvalue weighted by Crippen LogP contribution is -2.12. The van der Waals surface area contributed by atoms with E-state index in [1.165, 1.54) is 16.6 Å². The van der Waals surface area contributed by atoms with Crippen molar-refractivity contribution in [3.05, 3.63) is 43.9 Å². The number of nitrogens with zero attached hydrogens (tertiary/aromatic N) is 2. The van der Waals surface area contributed by atoms with Crippen molar-refractivity contribution < 1.29 is 14.3 Å². The third-order valence-electron chi connectivity index (χ3n) is 5.23. The van der Waals surface area contributed by atoms with E-state index in [0.29, 0.717) is 17.1 Å². The second kappa shape index (κ2) is 7.84. The van der Waals surface area contributed by atoms with Crippen LogP contribution in [0.2, 0.25) is 0 Å². The molecule has 0 fully saturated rings. The van der Waals surface area contributed by atoms with E-state index in [9.17, 15) is 9.59 Å². The summed E-state index contributed by atoms with van der Waals surface area (Å²) in [5, 5.41) is 1.18. The third kappa shape index (κ3) is 3.55. The molecule has 2 aliphatic rings. The number of nitrogens with two attached hydrogens (primary N) is 1. The number of hydrogen-bond donors (Lipinski definition) is 1. The lowest BCUT2D eigenvalue weighted by atomic mass is 9.95. The molecule has 8 heteroatoms. The normalized spacial score (nSPS) is 17.6. The van der Waals surface area contributed by atoms with E-state index < -0.39 is 0 Å². The molecule has 2 N–H and O–H groups in total. The highest BCUT2D eigenvalue weighted by molar-refractivity contribution is 8.18. The van der Waals surface area contributed by atoms with Crippen molar-refractivity contribution in [2.75, 3.05) is 6.61 Å². The van der Waals surface area contributed by atoms with Gasteiger partial charge in [-0.05, 0) is 81.5 Å². The SMILES string of the molecule is CCOC(=O)c1c(-n2c(C)cc(C=C3SC(N)=NC3=O)c2C)sc2c1CCCC2. The van der Waals surface area contributed by atoms with Gasteiger partial charge in [0, 0.05) is 16.3 Å². The zero-order chi connectivity index (χ0) is 20.7. The molecule has 1 aliphatic carbocycles. The summed E-state index contributed by atoms with van der Waals surface area (Å²) in [6.45, 7) is 6.19. The maximum atomic E-state index is 12.8. The van der Waals surface area contributed by atoms with Crippen molar-refractivity contribution in [1.29, 1.82) is 0 Å². The number of fused-ring (bicyclic) bond motifs is 1. The van der Waals surface area contributed by atoms with Crippen LogP contribution in [-0.2, 0) is 22.4 Å². The molecule has 3 heterocycles. The molecule has 6 nitrogen and oxygen atoms in total. The van der Waals surface area contributed by atoms with Gasteiger partial charge in [0.25, 0.3) is 5.91 Å². The molecule has 2 aromatic heterocycles. The number of aryl methyl sites for hydroxylation is 2. The minimum Gasteiger partial charge on any atom is -0.462 e. The molecule has 0 unspecified atom stereocenters. The van der Waals surface area contributed by atoms with Crippen LogP contribution in [0.1, 0.15) is 57.5 Å². The number of amidine groups is 1. The number of amides is 1. The van der Waals surface area contributed by atoms with E-state index >= 15 is 0 Å². The van der Waals surface area contributed by atoms with Crippen molar-refractivity contribution in [1.82, 2.24) is 4.57 Å². The fourth-order valence-electron chi connectivity index (χ4n) is 3.94.